The lowest BCUT2D eigenvalue weighted by atomic mass is 9.91. The fourth-order valence-electron chi connectivity index (χ4n) is 3.07. The van der Waals surface area contributed by atoms with Crippen LogP contribution in [-0.4, -0.2) is 36.4 Å². The van der Waals surface area contributed by atoms with Crippen molar-refractivity contribution >= 4 is 5.97 Å². The number of halogens is 2. The lowest BCUT2D eigenvalue weighted by Crippen LogP contribution is -2.53. The third-order valence-electron chi connectivity index (χ3n) is 4.28. The molecule has 2 aliphatic rings. The fourth-order valence-corrected chi connectivity index (χ4v) is 3.07. The maximum absolute atomic E-state index is 13.2. The Morgan fingerprint density at radius 2 is 2.19 bits per heavy atom. The van der Waals surface area contributed by atoms with Crippen LogP contribution in [0.4, 0.5) is 8.78 Å². The van der Waals surface area contributed by atoms with Crippen LogP contribution in [0.25, 0.3) is 0 Å². The molecule has 0 radical (unpaired) electrons. The Morgan fingerprint density at radius 1 is 1.52 bits per heavy atom. The summed E-state index contributed by atoms with van der Waals surface area (Å²) in [7, 11) is 1.33. The van der Waals surface area contributed by atoms with Gasteiger partial charge in [-0.05, 0) is 18.9 Å². The first kappa shape index (κ1) is 16.1. The Kier molecular flexibility index (Phi) is 5.11. The van der Waals surface area contributed by atoms with E-state index >= 15 is 0 Å². The van der Waals surface area contributed by atoms with E-state index in [1.165, 1.54) is 13.2 Å². The maximum Gasteiger partial charge on any atom is 0.326 e. The van der Waals surface area contributed by atoms with Crippen molar-refractivity contribution < 1.29 is 23.4 Å². The number of aliphatic hydroxyl groups is 1. The van der Waals surface area contributed by atoms with Crippen molar-refractivity contribution in [2.45, 2.75) is 43.7 Å². The third-order valence-corrected chi connectivity index (χ3v) is 4.28. The average Bonchev–Trinajstić information content (AvgIpc) is 2.93. The molecule has 0 aliphatic heterocycles. The number of allylic oxidation sites excluding steroid dienone is 3. The van der Waals surface area contributed by atoms with E-state index in [1.54, 1.807) is 0 Å². The SMILES string of the molecule is COC(=O)C1(NCC(O)C2C=C(F)C=C(F)C2)CCCC1. The first-order valence-electron chi connectivity index (χ1n) is 7.22. The Hall–Kier alpha value is -1.27. The summed E-state index contributed by atoms with van der Waals surface area (Å²) in [5.74, 6) is -2.23. The highest BCUT2D eigenvalue weighted by molar-refractivity contribution is 5.81. The van der Waals surface area contributed by atoms with Crippen LogP contribution >= 0.6 is 0 Å². The monoisotopic (exact) mass is 301 g/mol. The number of rotatable bonds is 5. The summed E-state index contributed by atoms with van der Waals surface area (Å²) in [4.78, 5) is 11.9. The van der Waals surface area contributed by atoms with Crippen molar-refractivity contribution in [2.24, 2.45) is 5.92 Å². The van der Waals surface area contributed by atoms with Crippen molar-refractivity contribution in [1.82, 2.24) is 5.32 Å². The molecule has 1 fully saturated rings. The second-order valence-electron chi connectivity index (χ2n) is 5.74. The number of methoxy groups -OCH3 is 1. The van der Waals surface area contributed by atoms with Crippen molar-refractivity contribution in [3.8, 4) is 0 Å². The molecule has 0 saturated heterocycles. The van der Waals surface area contributed by atoms with E-state index in [0.29, 0.717) is 12.8 Å². The molecule has 0 amide bonds. The Labute approximate surface area is 122 Å². The van der Waals surface area contributed by atoms with Gasteiger partial charge in [0, 0.05) is 25.0 Å². The minimum atomic E-state index is -0.961. The van der Waals surface area contributed by atoms with Gasteiger partial charge in [0.2, 0.25) is 0 Å². The molecule has 0 aromatic rings. The molecule has 4 nitrogen and oxygen atoms in total. The van der Waals surface area contributed by atoms with Crippen molar-refractivity contribution in [3.05, 3.63) is 23.8 Å². The molecule has 2 atom stereocenters. The zero-order valence-electron chi connectivity index (χ0n) is 12.1. The number of esters is 1. The third kappa shape index (κ3) is 3.68. The molecule has 1 saturated carbocycles. The van der Waals surface area contributed by atoms with Gasteiger partial charge in [-0.15, -0.1) is 0 Å². The number of nitrogens with one attached hydrogen (secondary N) is 1. The highest BCUT2D eigenvalue weighted by Crippen LogP contribution is 2.32. The van der Waals surface area contributed by atoms with Crippen LogP contribution in [0, 0.1) is 5.92 Å². The number of aliphatic hydroxyl groups excluding tert-OH is 1. The summed E-state index contributed by atoms with van der Waals surface area (Å²) >= 11 is 0. The second-order valence-corrected chi connectivity index (χ2v) is 5.74. The van der Waals surface area contributed by atoms with Gasteiger partial charge in [-0.1, -0.05) is 12.8 Å². The van der Waals surface area contributed by atoms with Gasteiger partial charge in [-0.3, -0.25) is 10.1 Å². The lowest BCUT2D eigenvalue weighted by molar-refractivity contribution is -0.148. The van der Waals surface area contributed by atoms with Crippen LogP contribution in [0.5, 0.6) is 0 Å². The molecule has 2 N–H and O–H groups in total. The normalized spacial score (nSPS) is 26.0. The Morgan fingerprint density at radius 3 is 2.76 bits per heavy atom. The molecular weight excluding hydrogens is 280 g/mol. The van der Waals surface area contributed by atoms with Crippen LogP contribution in [-0.2, 0) is 9.53 Å². The van der Waals surface area contributed by atoms with Crippen LogP contribution in [0.15, 0.2) is 23.8 Å². The topological polar surface area (TPSA) is 58.6 Å². The van der Waals surface area contributed by atoms with Crippen molar-refractivity contribution in [3.63, 3.8) is 0 Å². The number of carbonyl (C=O) groups excluding carboxylic acids is 1. The predicted molar refractivity (Wildman–Crippen MR) is 73.7 cm³/mol. The van der Waals surface area contributed by atoms with Gasteiger partial charge < -0.3 is 9.84 Å². The van der Waals surface area contributed by atoms with Gasteiger partial charge in [0.25, 0.3) is 0 Å². The molecule has 0 heterocycles. The highest BCUT2D eigenvalue weighted by atomic mass is 19.1. The molecule has 2 rings (SSSR count). The number of ether oxygens (including phenoxy) is 1. The van der Waals surface area contributed by atoms with Crippen LogP contribution in [0.2, 0.25) is 0 Å². The van der Waals surface area contributed by atoms with Crippen LogP contribution in [0.1, 0.15) is 32.1 Å². The molecule has 21 heavy (non-hydrogen) atoms. The Balaban J connectivity index is 1.95. The number of carbonyl (C=O) groups is 1. The molecule has 2 aliphatic carbocycles. The fraction of sp³-hybridized carbons (Fsp3) is 0.667. The highest BCUT2D eigenvalue weighted by Gasteiger charge is 2.42. The quantitative estimate of drug-likeness (QED) is 0.764. The first-order chi connectivity index (χ1) is 9.97. The van der Waals surface area contributed by atoms with Crippen LogP contribution < -0.4 is 5.32 Å². The summed E-state index contributed by atoms with van der Waals surface area (Å²) < 4.78 is 31.2. The molecule has 0 bridgehead atoms. The molecule has 0 aromatic carbocycles. The zero-order valence-corrected chi connectivity index (χ0v) is 12.1. The van der Waals surface area contributed by atoms with E-state index in [1.807, 2.05) is 0 Å². The van der Waals surface area contributed by atoms with Crippen molar-refractivity contribution in [1.29, 1.82) is 0 Å². The number of hydrogen-bond acceptors (Lipinski definition) is 4. The van der Waals surface area contributed by atoms with E-state index in [9.17, 15) is 18.7 Å². The van der Waals surface area contributed by atoms with E-state index in [2.05, 4.69) is 5.32 Å². The minimum absolute atomic E-state index is 0.0263. The second kappa shape index (κ2) is 6.66. The molecular formula is C15H21F2NO3. The number of β-amino-alcohol motifs (C(OH)–C–C–N with tert-alkyl or cyclic N) is 1. The Bertz CT molecular complexity index is 456. The molecule has 6 heteroatoms. The van der Waals surface area contributed by atoms with Gasteiger partial charge in [0.05, 0.1) is 13.2 Å². The van der Waals surface area contributed by atoms with Gasteiger partial charge in [-0.2, -0.15) is 0 Å². The smallest absolute Gasteiger partial charge is 0.326 e. The molecule has 118 valence electrons. The predicted octanol–water partition coefficient (Wildman–Crippen LogP) is 2.15. The summed E-state index contributed by atoms with van der Waals surface area (Å²) in [6.45, 7) is 0.0941. The summed E-state index contributed by atoms with van der Waals surface area (Å²) in [5.41, 5.74) is -0.777. The summed E-state index contributed by atoms with van der Waals surface area (Å²) in [5, 5.41) is 13.2. The van der Waals surface area contributed by atoms with Gasteiger partial charge in [0.15, 0.2) is 0 Å². The minimum Gasteiger partial charge on any atom is -0.468 e. The van der Waals surface area contributed by atoms with E-state index in [-0.39, 0.29) is 18.9 Å². The van der Waals surface area contributed by atoms with E-state index in [4.69, 9.17) is 4.74 Å². The lowest BCUT2D eigenvalue weighted by Gasteiger charge is -2.30. The maximum atomic E-state index is 13.2. The molecule has 2 unspecified atom stereocenters. The van der Waals surface area contributed by atoms with E-state index in [0.717, 1.165) is 18.9 Å². The first-order valence-corrected chi connectivity index (χ1v) is 7.22. The van der Waals surface area contributed by atoms with Crippen molar-refractivity contribution in [2.75, 3.05) is 13.7 Å². The molecule has 0 aromatic heterocycles. The van der Waals surface area contributed by atoms with Gasteiger partial charge in [0.1, 0.15) is 17.2 Å². The average molecular weight is 301 g/mol. The van der Waals surface area contributed by atoms with Crippen LogP contribution in [0.3, 0.4) is 0 Å². The van der Waals surface area contributed by atoms with E-state index < -0.39 is 29.2 Å². The summed E-state index contributed by atoms with van der Waals surface area (Å²) in [6, 6.07) is 0. The summed E-state index contributed by atoms with van der Waals surface area (Å²) in [6.07, 6.45) is 4.17. The zero-order chi connectivity index (χ0) is 15.5. The van der Waals surface area contributed by atoms with Gasteiger partial charge in [-0.25, -0.2) is 8.78 Å². The van der Waals surface area contributed by atoms with Gasteiger partial charge >= 0.3 is 5.97 Å². The largest absolute Gasteiger partial charge is 0.468 e. The standard InChI is InChI=1S/C15H21F2NO3/c1-21-14(20)15(4-2-3-5-15)18-9-13(19)10-6-11(16)8-12(17)7-10/h6,8,10,13,18-19H,2-5,7,9H2,1H3. The number of hydrogen-bond donors (Lipinski definition) is 2. The molecule has 0 spiro atoms.